The van der Waals surface area contributed by atoms with Crippen LogP contribution in [0.4, 0.5) is 8.78 Å². The summed E-state index contributed by atoms with van der Waals surface area (Å²) < 4.78 is 26.0. The minimum Gasteiger partial charge on any atom is -0.504 e. The smallest absolute Gasteiger partial charge is 0.272 e. The molecule has 0 amide bonds. The van der Waals surface area contributed by atoms with E-state index in [4.69, 9.17) is 0 Å². The third kappa shape index (κ3) is 2.01. The van der Waals surface area contributed by atoms with E-state index < -0.39 is 6.43 Å². The molecule has 2 heterocycles. The van der Waals surface area contributed by atoms with Crippen molar-refractivity contribution in [3.8, 4) is 11.5 Å². The average Bonchev–Trinajstić information content (AvgIpc) is 2.92. The van der Waals surface area contributed by atoms with E-state index in [-0.39, 0.29) is 28.3 Å². The van der Waals surface area contributed by atoms with Crippen molar-refractivity contribution in [3.63, 3.8) is 0 Å². The van der Waals surface area contributed by atoms with E-state index in [1.54, 1.807) is 18.2 Å². The number of thiophene rings is 1. The lowest BCUT2D eigenvalue weighted by molar-refractivity contribution is 0.155. The highest BCUT2D eigenvalue weighted by atomic mass is 32.1. The fourth-order valence-corrected chi connectivity index (χ4v) is 4.66. The molecule has 1 aliphatic heterocycles. The van der Waals surface area contributed by atoms with Gasteiger partial charge in [0.25, 0.3) is 6.43 Å². The molecule has 2 aliphatic rings. The Balaban J connectivity index is 1.87. The minimum absolute atomic E-state index is 0.0391. The van der Waals surface area contributed by atoms with Crippen LogP contribution in [0, 0.1) is 0 Å². The topological polar surface area (TPSA) is 52.5 Å². The van der Waals surface area contributed by atoms with Crippen LogP contribution in [-0.2, 0) is 13.0 Å². The van der Waals surface area contributed by atoms with Crippen molar-refractivity contribution in [1.29, 1.82) is 0 Å². The van der Waals surface area contributed by atoms with Crippen LogP contribution < -0.4 is 5.32 Å². The molecule has 0 radical (unpaired) electrons. The van der Waals surface area contributed by atoms with Gasteiger partial charge in [-0.3, -0.25) is 0 Å². The van der Waals surface area contributed by atoms with Gasteiger partial charge in [-0.05, 0) is 47.7 Å². The Labute approximate surface area is 130 Å². The fraction of sp³-hybridized carbons (Fsp3) is 0.375. The summed E-state index contributed by atoms with van der Waals surface area (Å²) in [6.07, 6.45) is -0.759. The van der Waals surface area contributed by atoms with Crippen LogP contribution in [0.1, 0.15) is 45.2 Å². The Bertz CT molecular complexity index is 744. The van der Waals surface area contributed by atoms with Gasteiger partial charge in [-0.25, -0.2) is 8.78 Å². The van der Waals surface area contributed by atoms with Crippen LogP contribution in [0.2, 0.25) is 0 Å². The van der Waals surface area contributed by atoms with Crippen LogP contribution >= 0.6 is 11.3 Å². The molecular formula is C16H15F2NO2S. The second-order valence-corrected chi connectivity index (χ2v) is 7.04. The van der Waals surface area contributed by atoms with E-state index in [0.717, 1.165) is 45.7 Å². The molecule has 0 unspecified atom stereocenters. The van der Waals surface area contributed by atoms with Crippen LogP contribution in [0.25, 0.3) is 0 Å². The van der Waals surface area contributed by atoms with Gasteiger partial charge in [-0.15, -0.1) is 11.3 Å². The maximum Gasteiger partial charge on any atom is 0.272 e. The van der Waals surface area contributed by atoms with E-state index in [2.05, 4.69) is 5.32 Å². The second-order valence-electron chi connectivity index (χ2n) is 5.87. The lowest BCUT2D eigenvalue weighted by atomic mass is 9.74. The molecule has 0 saturated carbocycles. The summed E-state index contributed by atoms with van der Waals surface area (Å²) in [5.74, 6) is -0.321. The number of rotatable bonds is 1. The van der Waals surface area contributed by atoms with Gasteiger partial charge >= 0.3 is 0 Å². The number of nitrogens with one attached hydrogen (secondary N) is 1. The first-order chi connectivity index (χ1) is 10.5. The maximum absolute atomic E-state index is 13.0. The van der Waals surface area contributed by atoms with Crippen LogP contribution in [0.5, 0.6) is 11.5 Å². The van der Waals surface area contributed by atoms with Crippen molar-refractivity contribution in [1.82, 2.24) is 5.32 Å². The number of aromatic hydroxyl groups is 2. The number of phenols is 2. The van der Waals surface area contributed by atoms with Gasteiger partial charge in [0.05, 0.1) is 4.88 Å². The van der Waals surface area contributed by atoms with E-state index in [9.17, 15) is 19.0 Å². The van der Waals surface area contributed by atoms with Gasteiger partial charge in [-0.1, -0.05) is 0 Å². The third-order valence-electron chi connectivity index (χ3n) is 4.63. The Morgan fingerprint density at radius 2 is 1.91 bits per heavy atom. The van der Waals surface area contributed by atoms with E-state index in [1.807, 2.05) is 0 Å². The largest absolute Gasteiger partial charge is 0.504 e. The van der Waals surface area contributed by atoms with E-state index in [0.29, 0.717) is 6.54 Å². The molecule has 4 rings (SSSR count). The molecule has 0 fully saturated rings. The highest BCUT2D eigenvalue weighted by molar-refractivity contribution is 7.12. The molecule has 22 heavy (non-hydrogen) atoms. The normalized spacial score (nSPS) is 23.0. The number of alkyl halides is 2. The summed E-state index contributed by atoms with van der Waals surface area (Å²) in [5, 5.41) is 22.9. The molecule has 3 N–H and O–H groups in total. The standard InChI is InChI=1S/C16H15F2NO2S/c17-16(18)13-5-9-14(22-13)6-19-10-2-1-7-3-11(20)12(21)4-8(7)15(9)10/h3-5,10,15-16,19-21H,1-2,6H2/t10-,15+/m0/s1. The molecule has 0 saturated heterocycles. The predicted molar refractivity (Wildman–Crippen MR) is 79.8 cm³/mol. The van der Waals surface area contributed by atoms with Gasteiger partial charge in [-0.2, -0.15) is 0 Å². The van der Waals surface area contributed by atoms with Gasteiger partial charge < -0.3 is 15.5 Å². The molecule has 0 spiro atoms. The number of phenolic OH excluding ortho intramolecular Hbond substituents is 2. The number of benzene rings is 1. The molecular weight excluding hydrogens is 308 g/mol. The van der Waals surface area contributed by atoms with Crippen molar-refractivity contribution in [2.45, 2.75) is 37.8 Å². The van der Waals surface area contributed by atoms with E-state index in [1.165, 1.54) is 0 Å². The molecule has 0 bridgehead atoms. The molecule has 6 heteroatoms. The van der Waals surface area contributed by atoms with Crippen LogP contribution in [-0.4, -0.2) is 16.3 Å². The Morgan fingerprint density at radius 1 is 1.14 bits per heavy atom. The SMILES string of the molecule is Oc1cc2c(cc1O)[C@@H]1c3cc(C(F)F)sc3CN[C@H]1CC2. The van der Waals surface area contributed by atoms with Gasteiger partial charge in [0, 0.05) is 23.4 Å². The van der Waals surface area contributed by atoms with Gasteiger partial charge in [0.15, 0.2) is 11.5 Å². The zero-order valence-corrected chi connectivity index (χ0v) is 12.5. The number of fused-ring (bicyclic) bond motifs is 5. The molecule has 1 aliphatic carbocycles. The summed E-state index contributed by atoms with van der Waals surface area (Å²) in [6, 6.07) is 4.97. The van der Waals surface area contributed by atoms with Crippen molar-refractivity contribution in [2.75, 3.05) is 0 Å². The number of aryl methyl sites for hydroxylation is 1. The first kappa shape index (κ1) is 14.0. The van der Waals surface area contributed by atoms with Crippen molar-refractivity contribution in [3.05, 3.63) is 44.6 Å². The first-order valence-electron chi connectivity index (χ1n) is 7.23. The Morgan fingerprint density at radius 3 is 2.68 bits per heavy atom. The van der Waals surface area contributed by atoms with Crippen molar-refractivity contribution < 1.29 is 19.0 Å². The quantitative estimate of drug-likeness (QED) is 0.702. The van der Waals surface area contributed by atoms with Crippen molar-refractivity contribution >= 4 is 11.3 Å². The summed E-state index contributed by atoms with van der Waals surface area (Å²) in [5.41, 5.74) is 2.85. The number of hydrogen-bond donors (Lipinski definition) is 3. The second kappa shape index (κ2) is 4.93. The summed E-state index contributed by atoms with van der Waals surface area (Å²) in [4.78, 5) is 1.04. The van der Waals surface area contributed by atoms with Gasteiger partial charge in [0.1, 0.15) is 0 Å². The lowest BCUT2D eigenvalue weighted by Gasteiger charge is -2.38. The maximum atomic E-state index is 13.0. The fourth-order valence-electron chi connectivity index (χ4n) is 3.64. The lowest BCUT2D eigenvalue weighted by Crippen LogP contribution is -2.41. The van der Waals surface area contributed by atoms with Crippen LogP contribution in [0.3, 0.4) is 0 Å². The highest BCUT2D eigenvalue weighted by Gasteiger charge is 2.37. The molecule has 3 nitrogen and oxygen atoms in total. The number of hydrogen-bond acceptors (Lipinski definition) is 4. The molecule has 1 aromatic carbocycles. The van der Waals surface area contributed by atoms with Crippen LogP contribution in [0.15, 0.2) is 18.2 Å². The predicted octanol–water partition coefficient (Wildman–Crippen LogP) is 3.65. The molecule has 2 aromatic rings. The van der Waals surface area contributed by atoms with E-state index >= 15 is 0 Å². The molecule has 116 valence electrons. The van der Waals surface area contributed by atoms with Crippen molar-refractivity contribution in [2.24, 2.45) is 0 Å². The minimum atomic E-state index is -2.45. The Hall–Kier alpha value is -1.66. The first-order valence-corrected chi connectivity index (χ1v) is 8.05. The number of halogens is 2. The molecule has 2 atom stereocenters. The summed E-state index contributed by atoms with van der Waals surface area (Å²) in [6.45, 7) is 0.618. The molecule has 1 aromatic heterocycles. The summed E-state index contributed by atoms with van der Waals surface area (Å²) in [7, 11) is 0. The highest BCUT2D eigenvalue weighted by Crippen LogP contribution is 2.47. The van der Waals surface area contributed by atoms with Gasteiger partial charge in [0.2, 0.25) is 0 Å². The zero-order chi connectivity index (χ0) is 15.4. The average molecular weight is 323 g/mol. The summed E-state index contributed by atoms with van der Waals surface area (Å²) >= 11 is 1.16. The Kier molecular flexibility index (Phi) is 3.13. The third-order valence-corrected chi connectivity index (χ3v) is 5.79. The monoisotopic (exact) mass is 323 g/mol. The zero-order valence-electron chi connectivity index (χ0n) is 11.6.